The molecule has 98 valence electrons. The number of fused-ring (bicyclic) bond motifs is 1. The van der Waals surface area contributed by atoms with Crippen molar-refractivity contribution in [3.8, 4) is 0 Å². The van der Waals surface area contributed by atoms with Crippen LogP contribution in [0.15, 0.2) is 29.2 Å². The van der Waals surface area contributed by atoms with Crippen molar-refractivity contribution in [3.63, 3.8) is 0 Å². The number of hydrogen-bond acceptors (Lipinski definition) is 3. The zero-order chi connectivity index (χ0) is 12.4. The van der Waals surface area contributed by atoms with Crippen molar-refractivity contribution in [1.82, 2.24) is 0 Å². The molecule has 2 aliphatic heterocycles. The van der Waals surface area contributed by atoms with Gasteiger partial charge in [-0.3, -0.25) is 0 Å². The molecule has 1 N–H and O–H groups in total. The molecule has 2 aliphatic rings. The second-order valence-corrected chi connectivity index (χ2v) is 6.58. The molecule has 2 nitrogen and oxygen atoms in total. The summed E-state index contributed by atoms with van der Waals surface area (Å²) >= 11 is 1.96. The molecule has 1 atom stereocenters. The van der Waals surface area contributed by atoms with Crippen LogP contribution in [0.1, 0.15) is 30.7 Å². The molecule has 18 heavy (non-hydrogen) atoms. The summed E-state index contributed by atoms with van der Waals surface area (Å²) in [7, 11) is 0. The summed E-state index contributed by atoms with van der Waals surface area (Å²) in [6.45, 7) is 1.92. The van der Waals surface area contributed by atoms with Gasteiger partial charge in [0.2, 0.25) is 0 Å². The first-order valence-electron chi connectivity index (χ1n) is 6.73. The van der Waals surface area contributed by atoms with Gasteiger partial charge in [0.1, 0.15) is 0 Å². The quantitative estimate of drug-likeness (QED) is 0.910. The van der Waals surface area contributed by atoms with Crippen molar-refractivity contribution < 1.29 is 9.84 Å². The van der Waals surface area contributed by atoms with Gasteiger partial charge in [0.15, 0.2) is 0 Å². The van der Waals surface area contributed by atoms with Gasteiger partial charge in [0.25, 0.3) is 0 Å². The van der Waals surface area contributed by atoms with E-state index in [4.69, 9.17) is 4.74 Å². The van der Waals surface area contributed by atoms with E-state index < -0.39 is 0 Å². The summed E-state index contributed by atoms with van der Waals surface area (Å²) < 4.78 is 5.44. The second-order valence-electron chi connectivity index (χ2n) is 5.52. The normalized spacial score (nSPS) is 25.9. The van der Waals surface area contributed by atoms with Crippen molar-refractivity contribution in [2.75, 3.05) is 25.6 Å². The average molecular weight is 264 g/mol. The first-order chi connectivity index (χ1) is 8.83. The van der Waals surface area contributed by atoms with Crippen LogP contribution in [0.3, 0.4) is 0 Å². The average Bonchev–Trinajstić information content (AvgIpc) is 2.83. The highest BCUT2D eigenvalue weighted by molar-refractivity contribution is 7.99. The van der Waals surface area contributed by atoms with Crippen molar-refractivity contribution in [3.05, 3.63) is 29.8 Å². The fourth-order valence-electron chi connectivity index (χ4n) is 3.15. The molecular weight excluding hydrogens is 244 g/mol. The number of hydrogen-bond donors (Lipinski definition) is 1. The molecular formula is C15H20O2S. The Morgan fingerprint density at radius 1 is 1.28 bits per heavy atom. The van der Waals surface area contributed by atoms with E-state index in [2.05, 4.69) is 24.3 Å². The van der Waals surface area contributed by atoms with Crippen LogP contribution in [0, 0.1) is 5.41 Å². The minimum absolute atomic E-state index is 0.0981. The third-order valence-corrected chi connectivity index (χ3v) is 5.62. The number of rotatable bonds is 3. The Labute approximate surface area is 113 Å². The maximum atomic E-state index is 9.79. The molecule has 1 aromatic carbocycles. The van der Waals surface area contributed by atoms with Crippen LogP contribution in [0.4, 0.5) is 0 Å². The van der Waals surface area contributed by atoms with Crippen molar-refractivity contribution in [2.24, 2.45) is 5.41 Å². The number of thioether (sulfide) groups is 1. The summed E-state index contributed by atoms with van der Waals surface area (Å²) in [5.74, 6) is 1.78. The van der Waals surface area contributed by atoms with E-state index in [1.807, 2.05) is 11.8 Å². The third kappa shape index (κ3) is 2.31. The molecule has 0 aromatic heterocycles. The van der Waals surface area contributed by atoms with Crippen LogP contribution < -0.4 is 0 Å². The van der Waals surface area contributed by atoms with Gasteiger partial charge in [-0.25, -0.2) is 0 Å². The molecule has 1 fully saturated rings. The molecule has 3 rings (SSSR count). The summed E-state index contributed by atoms with van der Waals surface area (Å²) in [6, 6.07) is 8.72. The second kappa shape index (κ2) is 5.24. The summed E-state index contributed by atoms with van der Waals surface area (Å²) in [4.78, 5) is 1.43. The molecule has 1 unspecified atom stereocenters. The van der Waals surface area contributed by atoms with Gasteiger partial charge in [-0.15, -0.1) is 11.8 Å². The zero-order valence-electron chi connectivity index (χ0n) is 10.6. The molecule has 0 radical (unpaired) electrons. The molecule has 0 bridgehead atoms. The van der Waals surface area contributed by atoms with E-state index in [9.17, 15) is 5.11 Å². The highest BCUT2D eigenvalue weighted by atomic mass is 32.2. The first-order valence-corrected chi connectivity index (χ1v) is 7.72. The minimum atomic E-state index is 0.0981. The Hall–Kier alpha value is -0.510. The Morgan fingerprint density at radius 2 is 2.06 bits per heavy atom. The summed E-state index contributed by atoms with van der Waals surface area (Å²) in [5, 5.41) is 9.79. The maximum Gasteiger partial charge on any atom is 0.0489 e. The summed E-state index contributed by atoms with van der Waals surface area (Å²) in [5.41, 5.74) is 1.59. The Balaban J connectivity index is 1.77. The van der Waals surface area contributed by atoms with E-state index in [0.717, 1.165) is 32.5 Å². The topological polar surface area (TPSA) is 29.5 Å². The minimum Gasteiger partial charge on any atom is -0.396 e. The van der Waals surface area contributed by atoms with Gasteiger partial charge in [0.05, 0.1) is 0 Å². The lowest BCUT2D eigenvalue weighted by atomic mass is 9.73. The Morgan fingerprint density at radius 3 is 2.83 bits per heavy atom. The van der Waals surface area contributed by atoms with Crippen LogP contribution in [-0.2, 0) is 4.74 Å². The number of aliphatic hydroxyl groups is 1. The van der Waals surface area contributed by atoms with Crippen molar-refractivity contribution in [1.29, 1.82) is 0 Å². The van der Waals surface area contributed by atoms with Crippen LogP contribution in [0.25, 0.3) is 0 Å². The van der Waals surface area contributed by atoms with E-state index in [1.165, 1.54) is 16.2 Å². The molecule has 0 amide bonds. The first kappa shape index (κ1) is 12.5. The lowest BCUT2D eigenvalue weighted by molar-refractivity contribution is -0.0232. The molecule has 0 aliphatic carbocycles. The van der Waals surface area contributed by atoms with E-state index in [-0.39, 0.29) is 5.41 Å². The lowest BCUT2D eigenvalue weighted by Gasteiger charge is -2.37. The standard InChI is InChI=1S/C15H20O2S/c16-11-15(5-7-17-8-6-15)9-12-10-18-14-4-2-1-3-13(12)14/h1-4,12,16H,5-11H2. The van der Waals surface area contributed by atoms with Crippen molar-refractivity contribution in [2.45, 2.75) is 30.1 Å². The molecule has 3 heteroatoms. The van der Waals surface area contributed by atoms with E-state index >= 15 is 0 Å². The smallest absolute Gasteiger partial charge is 0.0489 e. The van der Waals surface area contributed by atoms with Crippen molar-refractivity contribution >= 4 is 11.8 Å². The lowest BCUT2D eigenvalue weighted by Crippen LogP contribution is -2.34. The van der Waals surface area contributed by atoms with Gasteiger partial charge in [-0.05, 0) is 42.2 Å². The van der Waals surface area contributed by atoms with E-state index in [1.54, 1.807) is 0 Å². The molecule has 0 spiro atoms. The largest absolute Gasteiger partial charge is 0.396 e. The van der Waals surface area contributed by atoms with Gasteiger partial charge in [0, 0.05) is 30.5 Å². The fraction of sp³-hybridized carbons (Fsp3) is 0.600. The van der Waals surface area contributed by atoms with Crippen LogP contribution in [0.5, 0.6) is 0 Å². The van der Waals surface area contributed by atoms with E-state index in [0.29, 0.717) is 12.5 Å². The molecule has 1 aromatic rings. The maximum absolute atomic E-state index is 9.79. The molecule has 0 saturated carbocycles. The predicted molar refractivity (Wildman–Crippen MR) is 74.1 cm³/mol. The highest BCUT2D eigenvalue weighted by Gasteiger charge is 2.36. The molecule has 2 heterocycles. The monoisotopic (exact) mass is 264 g/mol. The Bertz CT molecular complexity index is 413. The molecule has 1 saturated heterocycles. The van der Waals surface area contributed by atoms with Gasteiger partial charge in [-0.1, -0.05) is 18.2 Å². The van der Waals surface area contributed by atoms with Crippen LogP contribution in [0.2, 0.25) is 0 Å². The van der Waals surface area contributed by atoms with Gasteiger partial charge >= 0.3 is 0 Å². The number of benzene rings is 1. The highest BCUT2D eigenvalue weighted by Crippen LogP contribution is 2.47. The Kier molecular flexibility index (Phi) is 3.64. The predicted octanol–water partition coefficient (Wildman–Crippen LogP) is 3.06. The zero-order valence-corrected chi connectivity index (χ0v) is 11.4. The number of ether oxygens (including phenoxy) is 1. The fourth-order valence-corrected chi connectivity index (χ4v) is 4.41. The van der Waals surface area contributed by atoms with Gasteiger partial charge in [-0.2, -0.15) is 0 Å². The van der Waals surface area contributed by atoms with Crippen LogP contribution >= 0.6 is 11.8 Å². The third-order valence-electron chi connectivity index (χ3n) is 4.37. The number of aliphatic hydroxyl groups excluding tert-OH is 1. The van der Waals surface area contributed by atoms with Crippen LogP contribution in [-0.4, -0.2) is 30.7 Å². The SMILES string of the molecule is OCC1(CC2CSc3ccccc32)CCOCC1. The summed E-state index contributed by atoms with van der Waals surface area (Å²) in [6.07, 6.45) is 3.12. The van der Waals surface area contributed by atoms with Gasteiger partial charge < -0.3 is 9.84 Å².